The van der Waals surface area contributed by atoms with Crippen molar-refractivity contribution in [2.24, 2.45) is 5.41 Å². The number of halogens is 2. The molecule has 4 aromatic rings. The summed E-state index contributed by atoms with van der Waals surface area (Å²) in [5, 5.41) is 28.4. The van der Waals surface area contributed by atoms with Gasteiger partial charge in [0.05, 0.1) is 38.8 Å². The molecule has 1 amide bonds. The maximum Gasteiger partial charge on any atom is 0.228 e. The van der Waals surface area contributed by atoms with Crippen LogP contribution in [0, 0.1) is 17.3 Å². The van der Waals surface area contributed by atoms with Gasteiger partial charge < -0.3 is 25.4 Å². The van der Waals surface area contributed by atoms with E-state index in [0.29, 0.717) is 38.4 Å². The molecular formula is C27H25Cl2N5O3S. The highest BCUT2D eigenvalue weighted by atomic mass is 35.5. The van der Waals surface area contributed by atoms with Gasteiger partial charge in [0, 0.05) is 18.6 Å². The van der Waals surface area contributed by atoms with Gasteiger partial charge >= 0.3 is 0 Å². The predicted molar refractivity (Wildman–Crippen MR) is 149 cm³/mol. The van der Waals surface area contributed by atoms with Crippen LogP contribution in [0.15, 0.2) is 48.8 Å². The molecule has 0 spiro atoms. The van der Waals surface area contributed by atoms with Crippen LogP contribution < -0.4 is 10.6 Å². The number of carbonyl (C=O) groups excluding carboxylic acids is 1. The number of imidazole rings is 1. The summed E-state index contributed by atoms with van der Waals surface area (Å²) in [7, 11) is 1.51. The van der Waals surface area contributed by atoms with Gasteiger partial charge in [0.25, 0.3) is 0 Å². The number of amides is 1. The SMILES string of the molecule is CNC(=O)C1(C)C[C@@H](n2cnc3c(NCc4cccc(Cl)c4)cc(C#Cc4ccc(Cl)s4)nc32)[C@H](O)[C@@H]1O. The van der Waals surface area contributed by atoms with Crippen molar-refractivity contribution in [3.8, 4) is 11.8 Å². The average Bonchev–Trinajstić information content (AvgIpc) is 3.58. The number of anilines is 1. The highest BCUT2D eigenvalue weighted by Gasteiger charge is 2.54. The largest absolute Gasteiger partial charge is 0.389 e. The number of carbonyl (C=O) groups is 1. The van der Waals surface area contributed by atoms with Gasteiger partial charge in [0.2, 0.25) is 5.91 Å². The smallest absolute Gasteiger partial charge is 0.228 e. The number of hydrogen-bond acceptors (Lipinski definition) is 7. The molecule has 1 aliphatic carbocycles. The Balaban J connectivity index is 1.56. The third-order valence-electron chi connectivity index (χ3n) is 6.90. The zero-order chi connectivity index (χ0) is 27.0. The van der Waals surface area contributed by atoms with Crippen molar-refractivity contribution in [1.29, 1.82) is 0 Å². The Morgan fingerprint density at radius 3 is 2.76 bits per heavy atom. The van der Waals surface area contributed by atoms with Crippen molar-refractivity contribution in [3.63, 3.8) is 0 Å². The van der Waals surface area contributed by atoms with E-state index in [1.807, 2.05) is 36.4 Å². The molecule has 5 rings (SSSR count). The zero-order valence-electron chi connectivity index (χ0n) is 20.6. The molecule has 11 heteroatoms. The first-order chi connectivity index (χ1) is 18.2. The number of pyridine rings is 1. The Hall–Kier alpha value is -3.13. The molecule has 38 heavy (non-hydrogen) atoms. The number of aliphatic hydroxyl groups excluding tert-OH is 2. The first kappa shape index (κ1) is 26.5. The Morgan fingerprint density at radius 1 is 1.24 bits per heavy atom. The summed E-state index contributed by atoms with van der Waals surface area (Å²) in [5.41, 5.74) is 2.06. The maximum absolute atomic E-state index is 12.6. The predicted octanol–water partition coefficient (Wildman–Crippen LogP) is 4.23. The minimum atomic E-state index is -1.25. The average molecular weight is 571 g/mol. The normalized spacial score (nSPS) is 22.7. The topological polar surface area (TPSA) is 112 Å². The van der Waals surface area contributed by atoms with Crippen molar-refractivity contribution in [2.75, 3.05) is 12.4 Å². The van der Waals surface area contributed by atoms with E-state index in [4.69, 9.17) is 28.2 Å². The number of fused-ring (bicyclic) bond motifs is 1. The second-order valence-electron chi connectivity index (χ2n) is 9.42. The van der Waals surface area contributed by atoms with Gasteiger partial charge in [-0.3, -0.25) is 4.79 Å². The van der Waals surface area contributed by atoms with Gasteiger partial charge in [-0.25, -0.2) is 9.97 Å². The van der Waals surface area contributed by atoms with Crippen LogP contribution in [0.1, 0.15) is 35.5 Å². The van der Waals surface area contributed by atoms with E-state index in [2.05, 4.69) is 27.5 Å². The summed E-state index contributed by atoms with van der Waals surface area (Å²) in [6.45, 7) is 2.13. The van der Waals surface area contributed by atoms with Crippen LogP contribution >= 0.6 is 34.5 Å². The quantitative estimate of drug-likeness (QED) is 0.267. The van der Waals surface area contributed by atoms with Gasteiger partial charge in [0.1, 0.15) is 17.3 Å². The van der Waals surface area contributed by atoms with E-state index < -0.39 is 23.7 Å². The first-order valence-corrected chi connectivity index (χ1v) is 13.5. The summed E-state index contributed by atoms with van der Waals surface area (Å²) < 4.78 is 2.36. The molecule has 3 aromatic heterocycles. The van der Waals surface area contributed by atoms with Gasteiger partial charge in [-0.2, -0.15) is 0 Å². The molecule has 0 saturated heterocycles. The second kappa shape index (κ2) is 10.6. The number of thiophene rings is 1. The van der Waals surface area contributed by atoms with Crippen LogP contribution in [0.3, 0.4) is 0 Å². The molecule has 3 heterocycles. The molecule has 1 aliphatic rings. The monoisotopic (exact) mass is 569 g/mol. The standard InChI is InChI=1S/C27H25Cl2N5O3S/c1-27(26(37)30-2)12-20(23(35)24(27)36)34-14-32-22-19(31-13-15-4-3-5-16(28)10-15)11-17(33-25(22)34)6-7-18-8-9-21(29)38-18/h3-5,8-11,14,20,23-24,35-36H,12-13H2,1-2H3,(H,30,37)(H,31,33)/t20-,23+,24+,27?/m1/s1. The molecule has 1 aromatic carbocycles. The number of aromatic nitrogens is 3. The fourth-order valence-corrected chi connectivity index (χ4v) is 5.95. The van der Waals surface area contributed by atoms with Crippen molar-refractivity contribution in [2.45, 2.75) is 38.1 Å². The van der Waals surface area contributed by atoms with Crippen molar-refractivity contribution >= 4 is 57.3 Å². The van der Waals surface area contributed by atoms with Crippen LogP contribution in [0.25, 0.3) is 11.2 Å². The maximum atomic E-state index is 12.6. The summed E-state index contributed by atoms with van der Waals surface area (Å²) in [5.74, 6) is 5.85. The van der Waals surface area contributed by atoms with E-state index in [-0.39, 0.29) is 12.3 Å². The number of nitrogens with zero attached hydrogens (tertiary/aromatic N) is 3. The highest BCUT2D eigenvalue weighted by Crippen LogP contribution is 2.45. The van der Waals surface area contributed by atoms with E-state index in [9.17, 15) is 15.0 Å². The molecular weight excluding hydrogens is 545 g/mol. The number of benzene rings is 1. The van der Waals surface area contributed by atoms with E-state index in [1.54, 1.807) is 23.9 Å². The molecule has 0 bridgehead atoms. The van der Waals surface area contributed by atoms with Crippen LogP contribution in [-0.2, 0) is 11.3 Å². The van der Waals surface area contributed by atoms with Crippen LogP contribution in [0.5, 0.6) is 0 Å². The van der Waals surface area contributed by atoms with Crippen molar-refractivity contribution in [3.05, 3.63) is 74.3 Å². The molecule has 8 nitrogen and oxygen atoms in total. The number of hydrogen-bond donors (Lipinski definition) is 4. The second-order valence-corrected chi connectivity index (χ2v) is 11.6. The fraction of sp³-hybridized carbons (Fsp3) is 0.296. The van der Waals surface area contributed by atoms with Crippen LogP contribution in [-0.4, -0.2) is 49.9 Å². The number of aliphatic hydroxyl groups is 2. The Labute approximate surface area is 233 Å². The van der Waals surface area contributed by atoms with Crippen LogP contribution in [0.4, 0.5) is 5.69 Å². The summed E-state index contributed by atoms with van der Waals surface area (Å²) in [6, 6.07) is 12.4. The Morgan fingerprint density at radius 2 is 2.05 bits per heavy atom. The molecule has 1 saturated carbocycles. The Kier molecular flexibility index (Phi) is 7.36. The molecule has 1 unspecified atom stereocenters. The van der Waals surface area contributed by atoms with Gasteiger partial charge in [-0.15, -0.1) is 11.3 Å². The molecule has 0 aliphatic heterocycles. The molecule has 4 atom stereocenters. The minimum absolute atomic E-state index is 0.205. The highest BCUT2D eigenvalue weighted by molar-refractivity contribution is 7.16. The number of nitrogens with one attached hydrogen (secondary N) is 2. The van der Waals surface area contributed by atoms with Crippen molar-refractivity contribution < 1.29 is 15.0 Å². The third kappa shape index (κ3) is 4.98. The molecule has 196 valence electrons. The third-order valence-corrected chi connectivity index (χ3v) is 8.28. The zero-order valence-corrected chi connectivity index (χ0v) is 22.9. The summed E-state index contributed by atoms with van der Waals surface area (Å²) in [6.07, 6.45) is -0.662. The molecule has 4 N–H and O–H groups in total. The van der Waals surface area contributed by atoms with E-state index in [1.165, 1.54) is 18.4 Å². The van der Waals surface area contributed by atoms with Gasteiger partial charge in [-0.05, 0) is 61.1 Å². The Bertz CT molecular complexity index is 1580. The van der Waals surface area contributed by atoms with Gasteiger partial charge in [-0.1, -0.05) is 35.3 Å². The lowest BCUT2D eigenvalue weighted by atomic mass is 9.85. The van der Waals surface area contributed by atoms with E-state index >= 15 is 0 Å². The summed E-state index contributed by atoms with van der Waals surface area (Å²) in [4.78, 5) is 22.7. The van der Waals surface area contributed by atoms with Gasteiger partial charge in [0.15, 0.2) is 5.65 Å². The molecule has 1 fully saturated rings. The van der Waals surface area contributed by atoms with Crippen LogP contribution in [0.2, 0.25) is 9.36 Å². The lowest BCUT2D eigenvalue weighted by Crippen LogP contribution is -2.45. The van der Waals surface area contributed by atoms with E-state index in [0.717, 1.165) is 10.4 Å². The summed E-state index contributed by atoms with van der Waals surface area (Å²) >= 11 is 13.6. The number of rotatable bonds is 5. The van der Waals surface area contributed by atoms with Crippen molar-refractivity contribution in [1.82, 2.24) is 19.9 Å². The first-order valence-electron chi connectivity index (χ1n) is 11.9. The lowest BCUT2D eigenvalue weighted by molar-refractivity contribution is -0.136. The lowest BCUT2D eigenvalue weighted by Gasteiger charge is -2.26. The minimum Gasteiger partial charge on any atom is -0.389 e. The molecule has 0 radical (unpaired) electrons. The fourth-order valence-electron chi connectivity index (χ4n) is 4.84.